The van der Waals surface area contributed by atoms with Crippen LogP contribution in [-0.2, 0) is 4.74 Å². The van der Waals surface area contributed by atoms with Crippen LogP contribution in [0.4, 0.5) is 0 Å². The Kier molecular flexibility index (Phi) is 3.79. The van der Waals surface area contributed by atoms with Gasteiger partial charge in [-0.15, -0.1) is 0 Å². The Bertz CT molecular complexity index is 287. The van der Waals surface area contributed by atoms with E-state index < -0.39 is 0 Å². The Morgan fingerprint density at radius 1 is 0.944 bits per heavy atom. The van der Waals surface area contributed by atoms with Crippen LogP contribution in [-0.4, -0.2) is 17.0 Å². The SMILES string of the molecule is CC1CC(C)CC(OC2CC(Br)C23CCCC3)C1. The highest BCUT2D eigenvalue weighted by atomic mass is 79.9. The van der Waals surface area contributed by atoms with Crippen molar-refractivity contribution < 1.29 is 4.74 Å². The average molecular weight is 315 g/mol. The molecule has 4 unspecified atom stereocenters. The number of hydrogen-bond donors (Lipinski definition) is 0. The average Bonchev–Trinajstić information content (AvgIpc) is 2.79. The van der Waals surface area contributed by atoms with E-state index in [0.29, 0.717) is 17.6 Å². The van der Waals surface area contributed by atoms with Crippen molar-refractivity contribution in [3.8, 4) is 0 Å². The minimum atomic E-state index is 0.518. The van der Waals surface area contributed by atoms with Crippen molar-refractivity contribution in [2.24, 2.45) is 17.3 Å². The van der Waals surface area contributed by atoms with E-state index in [1.807, 2.05) is 0 Å². The van der Waals surface area contributed by atoms with Gasteiger partial charge in [0.2, 0.25) is 0 Å². The van der Waals surface area contributed by atoms with E-state index in [2.05, 4.69) is 29.8 Å². The quantitative estimate of drug-likeness (QED) is 0.657. The van der Waals surface area contributed by atoms with Crippen LogP contribution in [0.5, 0.6) is 0 Å². The molecular formula is C16H27BrO. The smallest absolute Gasteiger partial charge is 0.0656 e. The van der Waals surface area contributed by atoms with Gasteiger partial charge in [-0.2, -0.15) is 0 Å². The fourth-order valence-corrected chi connectivity index (χ4v) is 5.87. The van der Waals surface area contributed by atoms with E-state index in [-0.39, 0.29) is 0 Å². The molecule has 3 aliphatic rings. The predicted octanol–water partition coefficient (Wildman–Crippen LogP) is 4.92. The summed E-state index contributed by atoms with van der Waals surface area (Å²) < 4.78 is 6.55. The number of alkyl halides is 1. The van der Waals surface area contributed by atoms with E-state index in [4.69, 9.17) is 4.74 Å². The molecule has 3 aliphatic carbocycles. The number of rotatable bonds is 2. The first-order valence-corrected chi connectivity index (χ1v) is 8.81. The highest BCUT2D eigenvalue weighted by Crippen LogP contribution is 2.58. The Labute approximate surface area is 120 Å². The zero-order valence-electron chi connectivity index (χ0n) is 11.8. The van der Waals surface area contributed by atoms with Gasteiger partial charge in [0, 0.05) is 10.2 Å². The molecule has 2 heteroatoms. The summed E-state index contributed by atoms with van der Waals surface area (Å²) >= 11 is 3.89. The largest absolute Gasteiger partial charge is 0.374 e. The first-order valence-electron chi connectivity index (χ1n) is 7.89. The van der Waals surface area contributed by atoms with Crippen LogP contribution in [0, 0.1) is 17.3 Å². The van der Waals surface area contributed by atoms with Crippen molar-refractivity contribution in [2.75, 3.05) is 0 Å². The van der Waals surface area contributed by atoms with Gasteiger partial charge >= 0.3 is 0 Å². The van der Waals surface area contributed by atoms with Crippen LogP contribution in [0.15, 0.2) is 0 Å². The normalized spacial score (nSPS) is 47.2. The van der Waals surface area contributed by atoms with Crippen molar-refractivity contribution in [1.29, 1.82) is 0 Å². The summed E-state index contributed by atoms with van der Waals surface area (Å²) in [6.07, 6.45) is 12.0. The molecule has 18 heavy (non-hydrogen) atoms. The van der Waals surface area contributed by atoms with Gasteiger partial charge in [0.1, 0.15) is 0 Å². The molecule has 3 fully saturated rings. The Morgan fingerprint density at radius 2 is 1.56 bits per heavy atom. The molecule has 4 atom stereocenters. The second-order valence-electron chi connectivity index (χ2n) is 7.31. The highest BCUT2D eigenvalue weighted by molar-refractivity contribution is 9.09. The molecule has 0 aromatic rings. The van der Waals surface area contributed by atoms with Crippen LogP contribution < -0.4 is 0 Å². The lowest BCUT2D eigenvalue weighted by Gasteiger charge is -2.53. The summed E-state index contributed by atoms with van der Waals surface area (Å²) in [4.78, 5) is 0.732. The maximum absolute atomic E-state index is 6.55. The lowest BCUT2D eigenvalue weighted by atomic mass is 9.64. The van der Waals surface area contributed by atoms with Crippen molar-refractivity contribution in [3.63, 3.8) is 0 Å². The van der Waals surface area contributed by atoms with E-state index in [1.165, 1.54) is 51.4 Å². The minimum Gasteiger partial charge on any atom is -0.374 e. The molecular weight excluding hydrogens is 288 g/mol. The Balaban J connectivity index is 1.60. The third kappa shape index (κ3) is 2.28. The second-order valence-corrected chi connectivity index (χ2v) is 8.41. The van der Waals surface area contributed by atoms with Crippen molar-refractivity contribution in [2.45, 2.75) is 82.2 Å². The first kappa shape index (κ1) is 13.4. The summed E-state index contributed by atoms with van der Waals surface area (Å²) in [5, 5.41) is 0. The Hall–Kier alpha value is 0.440. The van der Waals surface area contributed by atoms with E-state index in [9.17, 15) is 0 Å². The maximum Gasteiger partial charge on any atom is 0.0656 e. The minimum absolute atomic E-state index is 0.518. The fourth-order valence-electron chi connectivity index (χ4n) is 4.77. The van der Waals surface area contributed by atoms with Gasteiger partial charge in [-0.25, -0.2) is 0 Å². The molecule has 104 valence electrons. The van der Waals surface area contributed by atoms with Gasteiger partial charge in [-0.05, 0) is 50.4 Å². The lowest BCUT2D eigenvalue weighted by molar-refractivity contribution is -0.148. The van der Waals surface area contributed by atoms with Crippen LogP contribution >= 0.6 is 15.9 Å². The Morgan fingerprint density at radius 3 is 2.11 bits per heavy atom. The molecule has 0 heterocycles. The van der Waals surface area contributed by atoms with Gasteiger partial charge < -0.3 is 4.74 Å². The predicted molar refractivity (Wildman–Crippen MR) is 79.1 cm³/mol. The number of ether oxygens (including phenoxy) is 1. The molecule has 3 rings (SSSR count). The van der Waals surface area contributed by atoms with E-state index in [0.717, 1.165) is 16.7 Å². The van der Waals surface area contributed by atoms with E-state index in [1.54, 1.807) is 0 Å². The van der Waals surface area contributed by atoms with Gasteiger partial charge in [-0.1, -0.05) is 42.6 Å². The zero-order valence-corrected chi connectivity index (χ0v) is 13.4. The van der Waals surface area contributed by atoms with Crippen LogP contribution in [0.25, 0.3) is 0 Å². The van der Waals surface area contributed by atoms with Crippen molar-refractivity contribution in [1.82, 2.24) is 0 Å². The lowest BCUT2D eigenvalue weighted by Crippen LogP contribution is -2.55. The second kappa shape index (κ2) is 5.09. The maximum atomic E-state index is 6.55. The summed E-state index contributed by atoms with van der Waals surface area (Å²) in [5.74, 6) is 1.72. The van der Waals surface area contributed by atoms with Gasteiger partial charge in [-0.3, -0.25) is 0 Å². The molecule has 1 nitrogen and oxygen atoms in total. The number of hydrogen-bond acceptors (Lipinski definition) is 1. The molecule has 0 aliphatic heterocycles. The molecule has 0 bridgehead atoms. The summed E-state index contributed by atoms with van der Waals surface area (Å²) in [7, 11) is 0. The van der Waals surface area contributed by atoms with Gasteiger partial charge in [0.25, 0.3) is 0 Å². The van der Waals surface area contributed by atoms with Gasteiger partial charge in [0.15, 0.2) is 0 Å². The molecule has 0 amide bonds. The first-order chi connectivity index (χ1) is 8.60. The highest BCUT2D eigenvalue weighted by Gasteiger charge is 2.56. The van der Waals surface area contributed by atoms with Crippen molar-refractivity contribution in [3.05, 3.63) is 0 Å². The van der Waals surface area contributed by atoms with Crippen LogP contribution in [0.3, 0.4) is 0 Å². The van der Waals surface area contributed by atoms with Crippen molar-refractivity contribution >= 4 is 15.9 Å². The molecule has 0 saturated heterocycles. The van der Waals surface area contributed by atoms with E-state index >= 15 is 0 Å². The third-order valence-corrected chi connectivity index (χ3v) is 7.00. The zero-order chi connectivity index (χ0) is 12.8. The molecule has 0 N–H and O–H groups in total. The topological polar surface area (TPSA) is 9.23 Å². The van der Waals surface area contributed by atoms with Gasteiger partial charge in [0.05, 0.1) is 12.2 Å². The third-order valence-electron chi connectivity index (χ3n) is 5.71. The summed E-state index contributed by atoms with van der Waals surface area (Å²) in [5.41, 5.74) is 0.518. The molecule has 1 spiro atoms. The molecule has 0 aromatic heterocycles. The number of halogens is 1. The van der Waals surface area contributed by atoms with Crippen LogP contribution in [0.2, 0.25) is 0 Å². The van der Waals surface area contributed by atoms with Crippen LogP contribution in [0.1, 0.15) is 65.2 Å². The fraction of sp³-hybridized carbons (Fsp3) is 1.00. The molecule has 3 saturated carbocycles. The monoisotopic (exact) mass is 314 g/mol. The summed E-state index contributed by atoms with van der Waals surface area (Å²) in [6.45, 7) is 4.79. The standard InChI is InChI=1S/C16H27BrO/c1-11-7-12(2)9-13(8-11)18-15-10-14(17)16(15)5-3-4-6-16/h11-15H,3-10H2,1-2H3. The summed E-state index contributed by atoms with van der Waals surface area (Å²) in [6, 6.07) is 0. The molecule has 0 radical (unpaired) electrons. The molecule has 0 aromatic carbocycles.